The summed E-state index contributed by atoms with van der Waals surface area (Å²) in [4.78, 5) is 0. The van der Waals surface area contributed by atoms with Gasteiger partial charge in [0.2, 0.25) is 0 Å². The Morgan fingerprint density at radius 3 is 2.19 bits per heavy atom. The number of hydrogen-bond donors (Lipinski definition) is 2. The molecule has 0 saturated heterocycles. The third-order valence-corrected chi connectivity index (χ3v) is 2.25. The number of anilines is 1. The SMILES string of the molecule is Oc1ccccc1CNc1ccccc1.[NaH]. The third kappa shape index (κ3) is 3.56. The molecular formula is C13H14NNaO. The zero-order valence-electron chi connectivity index (χ0n) is 8.35. The molecule has 0 amide bonds. The molecular weight excluding hydrogens is 209 g/mol. The fourth-order valence-electron chi connectivity index (χ4n) is 1.41. The van der Waals surface area contributed by atoms with Gasteiger partial charge in [-0.05, 0) is 18.2 Å². The van der Waals surface area contributed by atoms with Gasteiger partial charge in [-0.3, -0.25) is 0 Å². The summed E-state index contributed by atoms with van der Waals surface area (Å²) in [6.07, 6.45) is 0. The Morgan fingerprint density at radius 1 is 0.875 bits per heavy atom. The molecule has 2 rings (SSSR count). The van der Waals surface area contributed by atoms with E-state index in [-0.39, 0.29) is 29.6 Å². The van der Waals surface area contributed by atoms with Gasteiger partial charge in [0.25, 0.3) is 0 Å². The van der Waals surface area contributed by atoms with E-state index >= 15 is 0 Å². The molecule has 2 nitrogen and oxygen atoms in total. The molecule has 2 aromatic rings. The van der Waals surface area contributed by atoms with Crippen molar-refractivity contribution in [1.29, 1.82) is 0 Å². The number of benzene rings is 2. The Balaban J connectivity index is 0.00000128. The molecule has 0 saturated carbocycles. The Kier molecular flexibility index (Phi) is 5.39. The molecule has 2 aromatic carbocycles. The summed E-state index contributed by atoms with van der Waals surface area (Å²) in [6.45, 7) is 0.636. The fraction of sp³-hybridized carbons (Fsp3) is 0.0769. The summed E-state index contributed by atoms with van der Waals surface area (Å²) in [7, 11) is 0. The van der Waals surface area contributed by atoms with Crippen molar-refractivity contribution in [3.63, 3.8) is 0 Å². The number of aromatic hydroxyl groups is 1. The topological polar surface area (TPSA) is 32.3 Å². The summed E-state index contributed by atoms with van der Waals surface area (Å²) in [6, 6.07) is 17.3. The molecule has 0 radical (unpaired) electrons. The average molecular weight is 223 g/mol. The van der Waals surface area contributed by atoms with Crippen molar-refractivity contribution in [2.75, 3.05) is 5.32 Å². The van der Waals surface area contributed by atoms with Crippen LogP contribution in [0.15, 0.2) is 54.6 Å². The number of para-hydroxylation sites is 2. The molecule has 0 fully saturated rings. The maximum atomic E-state index is 9.55. The van der Waals surface area contributed by atoms with E-state index in [2.05, 4.69) is 5.32 Å². The van der Waals surface area contributed by atoms with Crippen molar-refractivity contribution in [2.24, 2.45) is 0 Å². The predicted octanol–water partition coefficient (Wildman–Crippen LogP) is 2.36. The molecule has 16 heavy (non-hydrogen) atoms. The molecule has 0 aliphatic carbocycles. The minimum absolute atomic E-state index is 0. The molecule has 3 heteroatoms. The van der Waals surface area contributed by atoms with Crippen LogP contribution >= 0.6 is 0 Å². The molecule has 0 aliphatic heterocycles. The number of nitrogens with one attached hydrogen (secondary N) is 1. The fourth-order valence-corrected chi connectivity index (χ4v) is 1.41. The van der Waals surface area contributed by atoms with Crippen molar-refractivity contribution < 1.29 is 5.11 Å². The molecule has 0 atom stereocenters. The standard InChI is InChI=1S/C13H13NO.Na.H/c15-13-9-5-4-6-11(13)10-14-12-7-2-1-3-8-12;;/h1-9,14-15H,10H2;;. The van der Waals surface area contributed by atoms with Crippen molar-refractivity contribution >= 4 is 35.2 Å². The van der Waals surface area contributed by atoms with Crippen LogP contribution in [0.25, 0.3) is 0 Å². The number of hydrogen-bond acceptors (Lipinski definition) is 2. The quantitative estimate of drug-likeness (QED) is 0.783. The second kappa shape index (κ2) is 6.59. The van der Waals surface area contributed by atoms with Crippen molar-refractivity contribution in [2.45, 2.75) is 6.54 Å². The van der Waals surface area contributed by atoms with E-state index in [1.165, 1.54) is 0 Å². The summed E-state index contributed by atoms with van der Waals surface area (Å²) in [5.41, 5.74) is 1.96. The normalized spacial score (nSPS) is 9.25. The van der Waals surface area contributed by atoms with Crippen LogP contribution in [-0.2, 0) is 6.54 Å². The molecule has 0 unspecified atom stereocenters. The third-order valence-electron chi connectivity index (χ3n) is 2.25. The molecule has 2 N–H and O–H groups in total. The van der Waals surface area contributed by atoms with E-state index in [1.54, 1.807) is 6.07 Å². The van der Waals surface area contributed by atoms with Gasteiger partial charge in [-0.2, -0.15) is 0 Å². The molecule has 0 aliphatic rings. The van der Waals surface area contributed by atoms with Gasteiger partial charge in [0.05, 0.1) is 0 Å². The van der Waals surface area contributed by atoms with Crippen LogP contribution in [0.4, 0.5) is 5.69 Å². The van der Waals surface area contributed by atoms with E-state index in [0.717, 1.165) is 11.3 Å². The van der Waals surface area contributed by atoms with E-state index in [0.29, 0.717) is 12.3 Å². The first-order valence-corrected chi connectivity index (χ1v) is 4.92. The van der Waals surface area contributed by atoms with Crippen molar-refractivity contribution in [3.05, 3.63) is 60.2 Å². The number of phenolic OH excluding ortho intramolecular Hbond substituents is 1. The second-order valence-corrected chi connectivity index (χ2v) is 3.35. The van der Waals surface area contributed by atoms with E-state index in [1.807, 2.05) is 48.5 Å². The number of phenols is 1. The van der Waals surface area contributed by atoms with Crippen LogP contribution in [-0.4, -0.2) is 34.7 Å². The maximum absolute atomic E-state index is 9.55. The zero-order valence-corrected chi connectivity index (χ0v) is 8.35. The molecule has 0 aromatic heterocycles. The van der Waals surface area contributed by atoms with Crippen LogP contribution in [0.1, 0.15) is 5.56 Å². The Hall–Kier alpha value is -0.960. The van der Waals surface area contributed by atoms with Gasteiger partial charge in [0, 0.05) is 17.8 Å². The van der Waals surface area contributed by atoms with E-state index in [4.69, 9.17) is 0 Å². The van der Waals surface area contributed by atoms with Gasteiger partial charge in [0.1, 0.15) is 5.75 Å². The Morgan fingerprint density at radius 2 is 1.50 bits per heavy atom. The first-order valence-electron chi connectivity index (χ1n) is 4.92. The first-order chi connectivity index (χ1) is 7.36. The summed E-state index contributed by atoms with van der Waals surface area (Å²) in [5.74, 6) is 0.334. The van der Waals surface area contributed by atoms with Crippen LogP contribution < -0.4 is 5.32 Å². The molecule has 0 bridgehead atoms. The van der Waals surface area contributed by atoms with Gasteiger partial charge in [-0.25, -0.2) is 0 Å². The predicted molar refractivity (Wildman–Crippen MR) is 69.0 cm³/mol. The van der Waals surface area contributed by atoms with Gasteiger partial charge >= 0.3 is 29.6 Å². The molecule has 0 heterocycles. The van der Waals surface area contributed by atoms with Gasteiger partial charge < -0.3 is 10.4 Å². The van der Waals surface area contributed by atoms with E-state index in [9.17, 15) is 5.11 Å². The summed E-state index contributed by atoms with van der Waals surface area (Å²) < 4.78 is 0. The van der Waals surface area contributed by atoms with Gasteiger partial charge in [-0.1, -0.05) is 36.4 Å². The minimum atomic E-state index is 0. The van der Waals surface area contributed by atoms with E-state index < -0.39 is 0 Å². The number of rotatable bonds is 3. The van der Waals surface area contributed by atoms with Crippen LogP contribution in [0.2, 0.25) is 0 Å². The van der Waals surface area contributed by atoms with Gasteiger partial charge in [0.15, 0.2) is 0 Å². The Bertz CT molecular complexity index is 431. The summed E-state index contributed by atoms with van der Waals surface area (Å²) >= 11 is 0. The van der Waals surface area contributed by atoms with Crippen molar-refractivity contribution in [1.82, 2.24) is 0 Å². The molecule has 0 spiro atoms. The Labute approximate surface area is 118 Å². The van der Waals surface area contributed by atoms with Crippen LogP contribution in [0.3, 0.4) is 0 Å². The van der Waals surface area contributed by atoms with Crippen LogP contribution in [0, 0.1) is 0 Å². The van der Waals surface area contributed by atoms with Crippen molar-refractivity contribution in [3.8, 4) is 5.75 Å². The van der Waals surface area contributed by atoms with Gasteiger partial charge in [-0.15, -0.1) is 0 Å². The second-order valence-electron chi connectivity index (χ2n) is 3.35. The van der Waals surface area contributed by atoms with Crippen LogP contribution in [0.5, 0.6) is 5.75 Å². The zero-order chi connectivity index (χ0) is 10.5. The summed E-state index contributed by atoms with van der Waals surface area (Å²) in [5, 5.41) is 12.8. The monoisotopic (exact) mass is 223 g/mol. The average Bonchev–Trinajstić information content (AvgIpc) is 2.29. The molecule has 78 valence electrons. The first kappa shape index (κ1) is 13.1.